The van der Waals surface area contributed by atoms with E-state index in [2.05, 4.69) is 52.2 Å². The molecule has 0 aliphatic carbocycles. The maximum Gasteiger partial charge on any atom is 0.0455 e. The van der Waals surface area contributed by atoms with Crippen molar-refractivity contribution in [3.8, 4) is 0 Å². The van der Waals surface area contributed by atoms with Gasteiger partial charge in [0, 0.05) is 11.1 Å². The van der Waals surface area contributed by atoms with Gasteiger partial charge in [-0.2, -0.15) is 0 Å². The van der Waals surface area contributed by atoms with E-state index >= 15 is 0 Å². The van der Waals surface area contributed by atoms with E-state index < -0.39 is 0 Å². The van der Waals surface area contributed by atoms with E-state index in [0.717, 1.165) is 16.8 Å². The summed E-state index contributed by atoms with van der Waals surface area (Å²) in [5.41, 5.74) is 2.57. The van der Waals surface area contributed by atoms with Gasteiger partial charge in [-0.25, -0.2) is 0 Å². The Morgan fingerprint density at radius 1 is 1.12 bits per heavy atom. The summed E-state index contributed by atoms with van der Waals surface area (Å²) in [5.74, 6) is 0. The van der Waals surface area contributed by atoms with Gasteiger partial charge in [0.1, 0.15) is 0 Å². The summed E-state index contributed by atoms with van der Waals surface area (Å²) in [7, 11) is 0. The lowest BCUT2D eigenvalue weighted by Crippen LogP contribution is -2.07. The van der Waals surface area contributed by atoms with Crippen LogP contribution in [-0.4, -0.2) is 6.72 Å². The first-order valence-corrected chi connectivity index (χ1v) is 5.19. The molecule has 16 heavy (non-hydrogen) atoms. The first kappa shape index (κ1) is 14.4. The molecule has 0 aliphatic heterocycles. The molecule has 0 bridgehead atoms. The fourth-order valence-corrected chi connectivity index (χ4v) is 1.05. The van der Waals surface area contributed by atoms with Crippen molar-refractivity contribution < 1.29 is 0 Å². The van der Waals surface area contributed by atoms with Crippen molar-refractivity contribution >= 4 is 6.72 Å². The molecule has 0 aliphatic rings. The van der Waals surface area contributed by atoms with Gasteiger partial charge in [-0.1, -0.05) is 58.7 Å². The summed E-state index contributed by atoms with van der Waals surface area (Å²) in [5, 5.41) is 0. The fraction of sp³-hybridized carbons (Fsp3) is 0.267. The van der Waals surface area contributed by atoms with Crippen LogP contribution in [0.4, 0.5) is 0 Å². The summed E-state index contributed by atoms with van der Waals surface area (Å²) in [6.45, 7) is 21.3. The molecule has 0 radical (unpaired) electrons. The fourth-order valence-electron chi connectivity index (χ4n) is 1.05. The number of hydrogen-bond acceptors (Lipinski definition) is 1. The van der Waals surface area contributed by atoms with E-state index in [9.17, 15) is 0 Å². The van der Waals surface area contributed by atoms with Crippen LogP contribution in [0.3, 0.4) is 0 Å². The van der Waals surface area contributed by atoms with E-state index in [-0.39, 0.29) is 5.41 Å². The Morgan fingerprint density at radius 3 is 2.06 bits per heavy atom. The van der Waals surface area contributed by atoms with Gasteiger partial charge in [-0.3, -0.25) is 4.99 Å². The SMILES string of the molecule is C=CC=CC(=C)C(=C)C=C(N=C)C(C)(C)C. The van der Waals surface area contributed by atoms with E-state index in [1.807, 2.05) is 18.2 Å². The second-order valence-electron chi connectivity index (χ2n) is 4.58. The lowest BCUT2D eigenvalue weighted by atomic mass is 9.90. The Hall–Kier alpha value is -1.63. The first-order valence-electron chi connectivity index (χ1n) is 5.19. The van der Waals surface area contributed by atoms with Gasteiger partial charge < -0.3 is 0 Å². The lowest BCUT2D eigenvalue weighted by Gasteiger charge is -2.19. The van der Waals surface area contributed by atoms with Crippen molar-refractivity contribution in [1.29, 1.82) is 0 Å². The number of hydrogen-bond donors (Lipinski definition) is 0. The van der Waals surface area contributed by atoms with Gasteiger partial charge in [0.25, 0.3) is 0 Å². The molecule has 0 spiro atoms. The molecule has 0 heterocycles. The average molecular weight is 215 g/mol. The molecule has 0 atom stereocenters. The normalized spacial score (nSPS) is 12.6. The molecule has 1 heteroatoms. The van der Waals surface area contributed by atoms with Gasteiger partial charge >= 0.3 is 0 Å². The number of rotatable bonds is 5. The minimum absolute atomic E-state index is 0.0346. The van der Waals surface area contributed by atoms with Gasteiger partial charge in [0.05, 0.1) is 0 Å². The zero-order valence-electron chi connectivity index (χ0n) is 10.6. The number of nitrogens with zero attached hydrogens (tertiary/aromatic N) is 1. The molecule has 0 aromatic heterocycles. The Kier molecular flexibility index (Phi) is 5.44. The standard InChI is InChI=1S/C15H21N/c1-8-9-10-12(2)13(3)11-14(16-7)15(4,5)6/h8-11H,1-3,7H2,4-6H3. The summed E-state index contributed by atoms with van der Waals surface area (Å²) >= 11 is 0. The summed E-state index contributed by atoms with van der Waals surface area (Å²) in [6.07, 6.45) is 7.33. The highest BCUT2D eigenvalue weighted by Gasteiger charge is 2.15. The largest absolute Gasteiger partial charge is 0.269 e. The Balaban J connectivity index is 4.94. The quantitative estimate of drug-likeness (QED) is 0.474. The maximum atomic E-state index is 4.03. The number of aliphatic imine (C=N–C) groups is 1. The zero-order chi connectivity index (χ0) is 12.8. The maximum absolute atomic E-state index is 4.03. The molecular weight excluding hydrogens is 194 g/mol. The van der Waals surface area contributed by atoms with Crippen LogP contribution in [0.1, 0.15) is 20.8 Å². The highest BCUT2D eigenvalue weighted by atomic mass is 14.7. The first-order chi connectivity index (χ1) is 7.32. The van der Waals surface area contributed by atoms with Crippen LogP contribution in [-0.2, 0) is 0 Å². The Bertz CT molecular complexity index is 359. The molecular formula is C15H21N. The van der Waals surface area contributed by atoms with Crippen LogP contribution in [0.5, 0.6) is 0 Å². The molecule has 0 amide bonds. The smallest absolute Gasteiger partial charge is 0.0455 e. The Labute approximate surface area is 99.3 Å². The summed E-state index contributed by atoms with van der Waals surface area (Å²) in [4.78, 5) is 4.03. The van der Waals surface area contributed by atoms with Crippen LogP contribution in [0.2, 0.25) is 0 Å². The van der Waals surface area contributed by atoms with Crippen LogP contribution < -0.4 is 0 Å². The van der Waals surface area contributed by atoms with Crippen molar-refractivity contribution in [1.82, 2.24) is 0 Å². The van der Waals surface area contributed by atoms with E-state index in [1.165, 1.54) is 0 Å². The third-order valence-corrected chi connectivity index (χ3v) is 2.10. The van der Waals surface area contributed by atoms with Crippen molar-refractivity contribution in [2.45, 2.75) is 20.8 Å². The second kappa shape index (κ2) is 6.06. The van der Waals surface area contributed by atoms with Crippen molar-refractivity contribution in [3.05, 3.63) is 60.9 Å². The van der Waals surface area contributed by atoms with Gasteiger partial charge in [-0.05, 0) is 23.9 Å². The molecule has 0 saturated carbocycles. The molecule has 0 N–H and O–H groups in total. The lowest BCUT2D eigenvalue weighted by molar-refractivity contribution is 0.499. The van der Waals surface area contributed by atoms with Crippen LogP contribution in [0.15, 0.2) is 65.9 Å². The molecule has 0 unspecified atom stereocenters. The summed E-state index contributed by atoms with van der Waals surface area (Å²) in [6, 6.07) is 0. The average Bonchev–Trinajstić information content (AvgIpc) is 2.20. The highest BCUT2D eigenvalue weighted by molar-refractivity contribution is 5.46. The van der Waals surface area contributed by atoms with Gasteiger partial charge in [-0.15, -0.1) is 0 Å². The third-order valence-electron chi connectivity index (χ3n) is 2.10. The molecule has 1 nitrogen and oxygen atoms in total. The van der Waals surface area contributed by atoms with Gasteiger partial charge in [0.2, 0.25) is 0 Å². The van der Waals surface area contributed by atoms with Crippen molar-refractivity contribution in [2.75, 3.05) is 0 Å². The third kappa shape index (κ3) is 4.74. The minimum Gasteiger partial charge on any atom is -0.269 e. The predicted molar refractivity (Wildman–Crippen MR) is 74.7 cm³/mol. The molecule has 0 fully saturated rings. The van der Waals surface area contributed by atoms with E-state index in [1.54, 1.807) is 6.08 Å². The molecule has 0 saturated heterocycles. The molecule has 0 aromatic carbocycles. The van der Waals surface area contributed by atoms with Crippen molar-refractivity contribution in [2.24, 2.45) is 10.4 Å². The molecule has 0 aromatic rings. The van der Waals surface area contributed by atoms with Gasteiger partial charge in [0.15, 0.2) is 0 Å². The van der Waals surface area contributed by atoms with Crippen LogP contribution in [0, 0.1) is 5.41 Å². The molecule has 86 valence electrons. The predicted octanol–water partition coefficient (Wildman–Crippen LogP) is 4.47. The van der Waals surface area contributed by atoms with E-state index in [0.29, 0.717) is 0 Å². The monoisotopic (exact) mass is 215 g/mol. The topological polar surface area (TPSA) is 12.4 Å². The van der Waals surface area contributed by atoms with Crippen LogP contribution >= 0.6 is 0 Å². The Morgan fingerprint density at radius 2 is 1.69 bits per heavy atom. The minimum atomic E-state index is -0.0346. The van der Waals surface area contributed by atoms with E-state index in [4.69, 9.17) is 0 Å². The van der Waals surface area contributed by atoms with Crippen LogP contribution in [0.25, 0.3) is 0 Å². The number of allylic oxidation sites excluding steroid dienone is 7. The second-order valence-corrected chi connectivity index (χ2v) is 4.58. The molecule has 0 rings (SSSR count). The summed E-state index contributed by atoms with van der Waals surface area (Å²) < 4.78 is 0. The zero-order valence-corrected chi connectivity index (χ0v) is 10.6. The highest BCUT2D eigenvalue weighted by Crippen LogP contribution is 2.27. The van der Waals surface area contributed by atoms with Crippen molar-refractivity contribution in [3.63, 3.8) is 0 Å².